The molecule has 2 aromatic carbocycles. The molecular weight excluding hydrogens is 321 g/mol. The normalized spacial score (nSPS) is 10.6. The number of hydrogen-bond donors (Lipinski definition) is 1. The molecule has 0 aliphatic rings. The molecule has 0 spiro atoms. The van der Waals surface area contributed by atoms with Crippen LogP contribution in [0.4, 0.5) is 4.39 Å². The third kappa shape index (κ3) is 3.81. The van der Waals surface area contributed by atoms with Crippen molar-refractivity contribution in [2.24, 2.45) is 5.73 Å². The molecule has 0 aliphatic carbocycles. The Morgan fingerprint density at radius 3 is 2.70 bits per heavy atom. The molecule has 0 bridgehead atoms. The second-order valence-corrected chi connectivity index (χ2v) is 5.51. The van der Waals surface area contributed by atoms with E-state index in [-0.39, 0.29) is 5.82 Å². The third-order valence-corrected chi connectivity index (χ3v) is 3.91. The average molecular weight is 338 g/mol. The Balaban J connectivity index is 2.10. The highest BCUT2D eigenvalue weighted by Gasteiger charge is 2.05. The van der Waals surface area contributed by atoms with Gasteiger partial charge >= 0.3 is 0 Å². The third-order valence-electron chi connectivity index (χ3n) is 3.14. The van der Waals surface area contributed by atoms with Crippen molar-refractivity contribution < 1.29 is 9.13 Å². The van der Waals surface area contributed by atoms with Gasteiger partial charge in [0.2, 0.25) is 0 Å². The van der Waals surface area contributed by atoms with Crippen LogP contribution in [0.15, 0.2) is 40.9 Å². The molecule has 0 amide bonds. The molecule has 20 heavy (non-hydrogen) atoms. The Kier molecular flexibility index (Phi) is 5.15. The number of aryl methyl sites for hydroxylation is 1. The van der Waals surface area contributed by atoms with Gasteiger partial charge in [-0.2, -0.15) is 0 Å². The SMILES string of the molecule is Cc1ccc(F)cc1COc1ccc(Br)c(CCN)c1. The van der Waals surface area contributed by atoms with Crippen molar-refractivity contribution in [3.8, 4) is 5.75 Å². The predicted octanol–water partition coefficient (Wildman–Crippen LogP) is 3.98. The van der Waals surface area contributed by atoms with Crippen molar-refractivity contribution in [1.82, 2.24) is 0 Å². The molecule has 2 rings (SSSR count). The summed E-state index contributed by atoms with van der Waals surface area (Å²) in [6, 6.07) is 10.5. The zero-order chi connectivity index (χ0) is 14.5. The molecule has 0 atom stereocenters. The summed E-state index contributed by atoms with van der Waals surface area (Å²) in [4.78, 5) is 0. The number of hydrogen-bond acceptors (Lipinski definition) is 2. The number of nitrogens with two attached hydrogens (primary N) is 1. The average Bonchev–Trinajstić information content (AvgIpc) is 2.43. The van der Waals surface area contributed by atoms with Gasteiger partial charge in [0.1, 0.15) is 18.2 Å². The first kappa shape index (κ1) is 15.0. The van der Waals surface area contributed by atoms with E-state index >= 15 is 0 Å². The number of halogens is 2. The fourth-order valence-electron chi connectivity index (χ4n) is 1.94. The zero-order valence-electron chi connectivity index (χ0n) is 11.3. The van der Waals surface area contributed by atoms with E-state index in [0.29, 0.717) is 13.2 Å². The maximum atomic E-state index is 13.2. The van der Waals surface area contributed by atoms with E-state index < -0.39 is 0 Å². The molecule has 2 N–H and O–H groups in total. The monoisotopic (exact) mass is 337 g/mol. The van der Waals surface area contributed by atoms with Crippen molar-refractivity contribution in [2.75, 3.05) is 6.54 Å². The quantitative estimate of drug-likeness (QED) is 0.895. The van der Waals surface area contributed by atoms with Crippen LogP contribution in [0.1, 0.15) is 16.7 Å². The van der Waals surface area contributed by atoms with Crippen LogP contribution in [0.25, 0.3) is 0 Å². The number of rotatable bonds is 5. The van der Waals surface area contributed by atoms with Gasteiger partial charge in [-0.05, 0) is 66.9 Å². The van der Waals surface area contributed by atoms with E-state index in [1.165, 1.54) is 12.1 Å². The summed E-state index contributed by atoms with van der Waals surface area (Å²) in [6.45, 7) is 2.89. The number of benzene rings is 2. The summed E-state index contributed by atoms with van der Waals surface area (Å²) in [7, 11) is 0. The molecular formula is C16H17BrFNO. The van der Waals surface area contributed by atoms with Crippen molar-refractivity contribution in [2.45, 2.75) is 20.0 Å². The van der Waals surface area contributed by atoms with E-state index in [9.17, 15) is 4.39 Å². The maximum absolute atomic E-state index is 13.2. The molecule has 2 nitrogen and oxygen atoms in total. The molecule has 2 aromatic rings. The first-order chi connectivity index (χ1) is 9.60. The van der Waals surface area contributed by atoms with E-state index in [4.69, 9.17) is 10.5 Å². The van der Waals surface area contributed by atoms with Crippen LogP contribution < -0.4 is 10.5 Å². The van der Waals surface area contributed by atoms with Gasteiger partial charge < -0.3 is 10.5 Å². The van der Waals surface area contributed by atoms with Gasteiger partial charge in [-0.15, -0.1) is 0 Å². The molecule has 0 radical (unpaired) electrons. The lowest BCUT2D eigenvalue weighted by atomic mass is 10.1. The largest absolute Gasteiger partial charge is 0.489 e. The minimum atomic E-state index is -0.242. The molecule has 0 heterocycles. The van der Waals surface area contributed by atoms with Crippen molar-refractivity contribution >= 4 is 15.9 Å². The molecule has 106 valence electrons. The lowest BCUT2D eigenvalue weighted by Gasteiger charge is -2.11. The van der Waals surface area contributed by atoms with Gasteiger partial charge in [0.25, 0.3) is 0 Å². The van der Waals surface area contributed by atoms with Crippen LogP contribution in [0.2, 0.25) is 0 Å². The minimum Gasteiger partial charge on any atom is -0.489 e. The zero-order valence-corrected chi connectivity index (χ0v) is 12.9. The van der Waals surface area contributed by atoms with Crippen LogP contribution in [0, 0.1) is 12.7 Å². The molecule has 0 aliphatic heterocycles. The highest BCUT2D eigenvalue weighted by Crippen LogP contribution is 2.24. The first-order valence-electron chi connectivity index (χ1n) is 6.46. The molecule has 4 heteroatoms. The Labute approximate surface area is 126 Å². The summed E-state index contributed by atoms with van der Waals surface area (Å²) in [5.74, 6) is 0.522. The summed E-state index contributed by atoms with van der Waals surface area (Å²) >= 11 is 3.49. The highest BCUT2D eigenvalue weighted by atomic mass is 79.9. The van der Waals surface area contributed by atoms with Crippen LogP contribution in [0.3, 0.4) is 0 Å². The Hall–Kier alpha value is -1.39. The summed E-state index contributed by atoms with van der Waals surface area (Å²) in [5.41, 5.74) is 8.56. The second kappa shape index (κ2) is 6.86. The van der Waals surface area contributed by atoms with Crippen LogP contribution in [-0.2, 0) is 13.0 Å². The van der Waals surface area contributed by atoms with Gasteiger partial charge in [-0.3, -0.25) is 0 Å². The van der Waals surface area contributed by atoms with Gasteiger partial charge in [-0.25, -0.2) is 4.39 Å². The number of ether oxygens (including phenoxy) is 1. The Morgan fingerprint density at radius 2 is 1.95 bits per heavy atom. The van der Waals surface area contributed by atoms with Crippen molar-refractivity contribution in [3.05, 3.63) is 63.4 Å². The summed E-state index contributed by atoms with van der Waals surface area (Å²) in [6.07, 6.45) is 0.788. The first-order valence-corrected chi connectivity index (χ1v) is 7.26. The second-order valence-electron chi connectivity index (χ2n) is 4.65. The van der Waals surface area contributed by atoms with Gasteiger partial charge in [-0.1, -0.05) is 22.0 Å². The standard InChI is InChI=1S/C16H17BrFNO/c1-11-2-3-14(18)8-13(11)10-20-15-4-5-16(17)12(9-15)6-7-19/h2-5,8-9H,6-7,10,19H2,1H3. The Bertz CT molecular complexity index is 601. The van der Waals surface area contributed by atoms with Crippen molar-refractivity contribution in [3.63, 3.8) is 0 Å². The maximum Gasteiger partial charge on any atom is 0.123 e. The molecule has 0 saturated heterocycles. The summed E-state index contributed by atoms with van der Waals surface area (Å²) in [5, 5.41) is 0. The van der Waals surface area contributed by atoms with E-state index in [0.717, 1.165) is 33.3 Å². The predicted molar refractivity (Wildman–Crippen MR) is 82.4 cm³/mol. The van der Waals surface area contributed by atoms with Crippen LogP contribution in [0.5, 0.6) is 5.75 Å². The highest BCUT2D eigenvalue weighted by molar-refractivity contribution is 9.10. The fraction of sp³-hybridized carbons (Fsp3) is 0.250. The van der Waals surface area contributed by atoms with E-state index in [2.05, 4.69) is 15.9 Å². The van der Waals surface area contributed by atoms with Gasteiger partial charge in [0, 0.05) is 4.47 Å². The molecule has 0 unspecified atom stereocenters. The van der Waals surface area contributed by atoms with E-state index in [1.807, 2.05) is 25.1 Å². The van der Waals surface area contributed by atoms with Gasteiger partial charge in [0.05, 0.1) is 0 Å². The smallest absolute Gasteiger partial charge is 0.123 e. The lowest BCUT2D eigenvalue weighted by molar-refractivity contribution is 0.304. The molecule has 0 saturated carbocycles. The van der Waals surface area contributed by atoms with Crippen molar-refractivity contribution in [1.29, 1.82) is 0 Å². The minimum absolute atomic E-state index is 0.242. The topological polar surface area (TPSA) is 35.2 Å². The lowest BCUT2D eigenvalue weighted by Crippen LogP contribution is -2.04. The van der Waals surface area contributed by atoms with Gasteiger partial charge in [0.15, 0.2) is 0 Å². The molecule has 0 fully saturated rings. The van der Waals surface area contributed by atoms with Crippen LogP contribution in [-0.4, -0.2) is 6.54 Å². The van der Waals surface area contributed by atoms with Crippen LogP contribution >= 0.6 is 15.9 Å². The fourth-order valence-corrected chi connectivity index (χ4v) is 2.39. The Morgan fingerprint density at radius 1 is 1.15 bits per heavy atom. The van der Waals surface area contributed by atoms with E-state index in [1.54, 1.807) is 6.07 Å². The summed E-state index contributed by atoms with van der Waals surface area (Å²) < 4.78 is 20.0. The molecule has 0 aromatic heterocycles.